The van der Waals surface area contributed by atoms with Crippen molar-refractivity contribution in [2.75, 3.05) is 24.5 Å². The number of halogens is 1. The summed E-state index contributed by atoms with van der Waals surface area (Å²) in [4.78, 5) is 38.9. The van der Waals surface area contributed by atoms with Gasteiger partial charge in [0.1, 0.15) is 18.3 Å². The van der Waals surface area contributed by atoms with Crippen LogP contribution in [0, 0.1) is 17.0 Å². The summed E-state index contributed by atoms with van der Waals surface area (Å²) in [5.74, 6) is -0.585. The Labute approximate surface area is 256 Å². The van der Waals surface area contributed by atoms with Gasteiger partial charge in [0, 0.05) is 29.7 Å². The minimum absolute atomic E-state index is 0.00483. The molecule has 0 fully saturated rings. The van der Waals surface area contributed by atoms with Crippen molar-refractivity contribution in [2.45, 2.75) is 51.1 Å². The maximum Gasteiger partial charge on any atom is 0.273 e. The predicted octanol–water partition coefficient (Wildman–Crippen LogP) is 5.09. The quantitative estimate of drug-likeness (QED) is 0.149. The molecule has 3 aromatic rings. The van der Waals surface area contributed by atoms with Gasteiger partial charge in [-0.3, -0.25) is 24.0 Å². The molecule has 0 aliphatic rings. The van der Waals surface area contributed by atoms with Gasteiger partial charge in [0.15, 0.2) is 0 Å². The van der Waals surface area contributed by atoms with Crippen molar-refractivity contribution in [2.24, 2.45) is 0 Å². The molecule has 1 N–H and O–H groups in total. The molecule has 0 saturated carbocycles. The summed E-state index contributed by atoms with van der Waals surface area (Å²) >= 11 is 6.03. The molecule has 11 nitrogen and oxygen atoms in total. The number of unbranched alkanes of at least 4 members (excludes halogenated alkanes) is 1. The third-order valence-corrected chi connectivity index (χ3v) is 8.89. The number of aryl methyl sites for hydroxylation is 1. The fourth-order valence-electron chi connectivity index (χ4n) is 4.26. The molecule has 1 atom stereocenters. The zero-order chi connectivity index (χ0) is 31.7. The number of benzene rings is 3. The van der Waals surface area contributed by atoms with E-state index in [9.17, 15) is 28.1 Å². The number of methoxy groups -OCH3 is 1. The van der Waals surface area contributed by atoms with Crippen LogP contribution in [-0.4, -0.2) is 56.3 Å². The minimum Gasteiger partial charge on any atom is -0.497 e. The van der Waals surface area contributed by atoms with Crippen LogP contribution in [0.1, 0.15) is 37.8 Å². The van der Waals surface area contributed by atoms with E-state index in [1.807, 2.05) is 6.92 Å². The maximum absolute atomic E-state index is 14.0. The van der Waals surface area contributed by atoms with Gasteiger partial charge in [-0.25, -0.2) is 8.42 Å². The Kier molecular flexibility index (Phi) is 11.5. The van der Waals surface area contributed by atoms with E-state index in [0.29, 0.717) is 22.9 Å². The normalized spacial score (nSPS) is 11.8. The number of rotatable bonds is 14. The lowest BCUT2D eigenvalue weighted by atomic mass is 10.1. The van der Waals surface area contributed by atoms with Crippen molar-refractivity contribution in [1.29, 1.82) is 0 Å². The monoisotopic (exact) mass is 630 g/mol. The number of carbonyl (C=O) groups excluding carboxylic acids is 2. The number of sulfonamides is 1. The molecule has 0 aliphatic carbocycles. The van der Waals surface area contributed by atoms with Gasteiger partial charge in [-0.2, -0.15) is 0 Å². The van der Waals surface area contributed by atoms with Crippen molar-refractivity contribution < 1.29 is 27.7 Å². The van der Waals surface area contributed by atoms with Gasteiger partial charge in [0.2, 0.25) is 11.8 Å². The molecule has 1 unspecified atom stereocenters. The average molecular weight is 631 g/mol. The van der Waals surface area contributed by atoms with Crippen molar-refractivity contribution in [1.82, 2.24) is 10.2 Å². The molecule has 0 radical (unpaired) electrons. The van der Waals surface area contributed by atoms with Gasteiger partial charge in [-0.1, -0.05) is 43.1 Å². The molecule has 13 heteroatoms. The van der Waals surface area contributed by atoms with Crippen LogP contribution in [0.3, 0.4) is 0 Å². The Balaban J connectivity index is 2.06. The number of anilines is 1. The molecule has 43 heavy (non-hydrogen) atoms. The minimum atomic E-state index is -4.49. The van der Waals surface area contributed by atoms with E-state index in [2.05, 4.69) is 5.32 Å². The summed E-state index contributed by atoms with van der Waals surface area (Å²) in [6.07, 6.45) is 1.63. The summed E-state index contributed by atoms with van der Waals surface area (Å²) in [5, 5.41) is 14.9. The Hall–Kier alpha value is -4.16. The van der Waals surface area contributed by atoms with Gasteiger partial charge in [-0.15, -0.1) is 0 Å². The highest BCUT2D eigenvalue weighted by molar-refractivity contribution is 7.92. The van der Waals surface area contributed by atoms with Crippen LogP contribution in [0.15, 0.2) is 71.6 Å². The van der Waals surface area contributed by atoms with Gasteiger partial charge in [0.05, 0.1) is 22.6 Å². The van der Waals surface area contributed by atoms with E-state index >= 15 is 0 Å². The molecule has 0 bridgehead atoms. The number of carbonyl (C=O) groups is 2. The van der Waals surface area contributed by atoms with Crippen molar-refractivity contribution in [3.05, 3.63) is 93.0 Å². The van der Waals surface area contributed by atoms with Gasteiger partial charge < -0.3 is 15.0 Å². The molecule has 2 amide bonds. The zero-order valence-electron chi connectivity index (χ0n) is 24.4. The van der Waals surface area contributed by atoms with Gasteiger partial charge in [-0.05, 0) is 68.3 Å². The van der Waals surface area contributed by atoms with E-state index in [0.717, 1.165) is 23.2 Å². The summed E-state index contributed by atoms with van der Waals surface area (Å²) in [7, 11) is -3.04. The number of ether oxygens (including phenoxy) is 1. The number of nitro groups is 1. The van der Waals surface area contributed by atoms with E-state index in [1.165, 1.54) is 55.3 Å². The molecular formula is C30H35ClN4O7S. The van der Waals surface area contributed by atoms with Crippen molar-refractivity contribution in [3.63, 3.8) is 0 Å². The zero-order valence-corrected chi connectivity index (χ0v) is 26.0. The fourth-order valence-corrected chi connectivity index (χ4v) is 5.82. The number of hydrogen-bond donors (Lipinski definition) is 1. The highest BCUT2D eigenvalue weighted by Gasteiger charge is 2.33. The fraction of sp³-hybridized carbons (Fsp3) is 0.333. The van der Waals surface area contributed by atoms with Gasteiger partial charge in [0.25, 0.3) is 15.7 Å². The molecular weight excluding hydrogens is 596 g/mol. The second-order valence-corrected chi connectivity index (χ2v) is 12.2. The van der Waals surface area contributed by atoms with Crippen LogP contribution in [0.2, 0.25) is 5.02 Å². The Morgan fingerprint density at radius 1 is 1.07 bits per heavy atom. The number of hydrogen-bond acceptors (Lipinski definition) is 7. The van der Waals surface area contributed by atoms with Gasteiger partial charge >= 0.3 is 0 Å². The molecule has 0 aromatic heterocycles. The third kappa shape index (κ3) is 8.45. The Bertz CT molecular complexity index is 1550. The summed E-state index contributed by atoms with van der Waals surface area (Å²) in [6, 6.07) is 15.4. The van der Waals surface area contributed by atoms with E-state index < -0.39 is 33.4 Å². The summed E-state index contributed by atoms with van der Waals surface area (Å²) in [6.45, 7) is 4.82. The molecule has 0 heterocycles. The Morgan fingerprint density at radius 3 is 2.30 bits per heavy atom. The molecule has 3 rings (SSSR count). The topological polar surface area (TPSA) is 139 Å². The SMILES string of the molecule is CCCCNC(=O)C(C)N(Cc1ccc(Cl)cc1)C(=O)CN(c1ccc(OC)cc1)S(=O)(=O)c1ccc(C)c([N+](=O)[O-])c1. The third-order valence-electron chi connectivity index (χ3n) is 6.87. The number of nitrogens with one attached hydrogen (secondary N) is 1. The first kappa shape index (κ1) is 33.3. The van der Waals surface area contributed by atoms with E-state index in [4.69, 9.17) is 16.3 Å². The Morgan fingerprint density at radius 2 is 1.72 bits per heavy atom. The highest BCUT2D eigenvalue weighted by Crippen LogP contribution is 2.29. The van der Waals surface area contributed by atoms with Crippen LogP contribution in [-0.2, 0) is 26.2 Å². The molecule has 0 saturated heterocycles. The lowest BCUT2D eigenvalue weighted by molar-refractivity contribution is -0.385. The van der Waals surface area contributed by atoms with Crippen LogP contribution < -0.4 is 14.4 Å². The number of nitro benzene ring substituents is 1. The van der Waals surface area contributed by atoms with Crippen LogP contribution in [0.25, 0.3) is 0 Å². The molecule has 0 aliphatic heterocycles. The molecule has 3 aromatic carbocycles. The molecule has 230 valence electrons. The number of amides is 2. The van der Waals surface area contributed by atoms with Crippen LogP contribution in [0.5, 0.6) is 5.75 Å². The lowest BCUT2D eigenvalue weighted by Gasteiger charge is -2.32. The summed E-state index contributed by atoms with van der Waals surface area (Å²) < 4.78 is 34.1. The van der Waals surface area contributed by atoms with E-state index in [1.54, 1.807) is 31.2 Å². The second kappa shape index (κ2) is 14.8. The smallest absolute Gasteiger partial charge is 0.273 e. The first-order chi connectivity index (χ1) is 20.4. The van der Waals surface area contributed by atoms with Crippen molar-refractivity contribution >= 4 is 44.8 Å². The second-order valence-electron chi connectivity index (χ2n) is 9.88. The molecule has 0 spiro atoms. The lowest BCUT2D eigenvalue weighted by Crippen LogP contribution is -2.51. The highest BCUT2D eigenvalue weighted by atomic mass is 35.5. The standard InChI is InChI=1S/C30H35ClN4O7S/c1-5-6-17-32-30(37)22(3)33(19-23-8-10-24(31)11-9-23)29(36)20-34(25-12-14-26(42-4)15-13-25)43(40,41)27-16-7-21(2)28(18-27)35(38)39/h7-16,18,22H,5-6,17,19-20H2,1-4H3,(H,32,37). The number of nitrogens with zero attached hydrogens (tertiary/aromatic N) is 3. The van der Waals surface area contributed by atoms with E-state index in [-0.39, 0.29) is 34.3 Å². The maximum atomic E-state index is 14.0. The first-order valence-electron chi connectivity index (χ1n) is 13.6. The largest absolute Gasteiger partial charge is 0.497 e. The first-order valence-corrected chi connectivity index (χ1v) is 15.4. The summed E-state index contributed by atoms with van der Waals surface area (Å²) in [5.41, 5.74) is 0.722. The van der Waals surface area contributed by atoms with Crippen molar-refractivity contribution in [3.8, 4) is 5.75 Å². The van der Waals surface area contributed by atoms with Crippen LogP contribution in [0.4, 0.5) is 11.4 Å². The van der Waals surface area contributed by atoms with Crippen LogP contribution >= 0.6 is 11.6 Å². The predicted molar refractivity (Wildman–Crippen MR) is 165 cm³/mol. The average Bonchev–Trinajstić information content (AvgIpc) is 2.99.